The second-order valence-corrected chi connectivity index (χ2v) is 4.27. The van der Waals surface area contributed by atoms with E-state index in [-0.39, 0.29) is 17.6 Å². The number of hydrogen-bond acceptors (Lipinski definition) is 2. The summed E-state index contributed by atoms with van der Waals surface area (Å²) in [5.74, 6) is 0. The van der Waals surface area contributed by atoms with Gasteiger partial charge >= 0.3 is 0 Å². The summed E-state index contributed by atoms with van der Waals surface area (Å²) in [5, 5.41) is 18.2. The van der Waals surface area contributed by atoms with Gasteiger partial charge in [-0.15, -0.1) is 0 Å². The minimum atomic E-state index is -0.274. The lowest BCUT2D eigenvalue weighted by Gasteiger charge is -2.27. The normalized spacial score (nSPS) is 18.0. The van der Waals surface area contributed by atoms with E-state index in [1.54, 1.807) is 13.8 Å². The maximum absolute atomic E-state index is 9.12. The van der Waals surface area contributed by atoms with Gasteiger partial charge < -0.3 is 10.2 Å². The first-order chi connectivity index (χ1) is 4.83. The lowest BCUT2D eigenvalue weighted by Crippen LogP contribution is -2.22. The van der Waals surface area contributed by atoms with Crippen LogP contribution in [0.25, 0.3) is 0 Å². The van der Waals surface area contributed by atoms with E-state index in [0.29, 0.717) is 0 Å². The number of hydrogen-bond donors (Lipinski definition) is 2. The molecule has 0 aliphatic rings. The van der Waals surface area contributed by atoms with Crippen molar-refractivity contribution in [1.29, 1.82) is 0 Å². The molecule has 0 saturated carbocycles. The van der Waals surface area contributed by atoms with Crippen molar-refractivity contribution < 1.29 is 10.2 Å². The van der Waals surface area contributed by atoms with Crippen LogP contribution in [-0.2, 0) is 0 Å². The summed E-state index contributed by atoms with van der Waals surface area (Å²) >= 11 is 0. The van der Waals surface area contributed by atoms with Gasteiger partial charge in [-0.2, -0.15) is 0 Å². The van der Waals surface area contributed by atoms with Crippen LogP contribution in [0.4, 0.5) is 0 Å². The summed E-state index contributed by atoms with van der Waals surface area (Å²) in [7, 11) is 0. The SMILES string of the molecule is CC(O)CC(C)(C)CC(C)O. The third-order valence-corrected chi connectivity index (χ3v) is 1.70. The maximum Gasteiger partial charge on any atom is 0.0517 e. The summed E-state index contributed by atoms with van der Waals surface area (Å²) in [6, 6.07) is 0. The molecule has 2 N–H and O–H groups in total. The molecule has 0 radical (unpaired) electrons. The van der Waals surface area contributed by atoms with E-state index in [1.807, 2.05) is 0 Å². The van der Waals surface area contributed by atoms with Crippen LogP contribution in [0, 0.1) is 5.41 Å². The fraction of sp³-hybridized carbons (Fsp3) is 1.00. The predicted molar refractivity (Wildman–Crippen MR) is 46.4 cm³/mol. The molecule has 2 atom stereocenters. The molecule has 2 nitrogen and oxygen atoms in total. The lowest BCUT2D eigenvalue weighted by molar-refractivity contribution is 0.0810. The maximum atomic E-state index is 9.12. The van der Waals surface area contributed by atoms with Gasteiger partial charge in [0, 0.05) is 0 Å². The van der Waals surface area contributed by atoms with Gasteiger partial charge in [-0.1, -0.05) is 13.8 Å². The first kappa shape index (κ1) is 10.9. The van der Waals surface area contributed by atoms with Crippen LogP contribution < -0.4 is 0 Å². The minimum absolute atomic E-state index is 0.0440. The fourth-order valence-electron chi connectivity index (χ4n) is 1.68. The predicted octanol–water partition coefficient (Wildman–Crippen LogP) is 1.55. The Balaban J connectivity index is 3.79. The van der Waals surface area contributed by atoms with Gasteiger partial charge in [-0.25, -0.2) is 0 Å². The van der Waals surface area contributed by atoms with Gasteiger partial charge in [-0.3, -0.25) is 0 Å². The molecule has 0 aliphatic heterocycles. The van der Waals surface area contributed by atoms with Crippen molar-refractivity contribution >= 4 is 0 Å². The Bertz CT molecular complexity index is 94.1. The standard InChI is InChI=1S/C9H20O2/c1-7(10)5-9(3,4)6-8(2)11/h7-8,10-11H,5-6H2,1-4H3. The molecule has 0 amide bonds. The summed E-state index contributed by atoms with van der Waals surface area (Å²) in [6.45, 7) is 7.69. The number of aliphatic hydroxyl groups is 2. The molecule has 0 bridgehead atoms. The van der Waals surface area contributed by atoms with Crippen LogP contribution in [-0.4, -0.2) is 22.4 Å². The molecular formula is C9H20O2. The van der Waals surface area contributed by atoms with Crippen LogP contribution in [0.2, 0.25) is 0 Å². The zero-order valence-corrected chi connectivity index (χ0v) is 7.96. The van der Waals surface area contributed by atoms with Gasteiger partial charge in [0.2, 0.25) is 0 Å². The second-order valence-electron chi connectivity index (χ2n) is 4.27. The first-order valence-corrected chi connectivity index (χ1v) is 4.19. The van der Waals surface area contributed by atoms with Crippen molar-refractivity contribution in [3.05, 3.63) is 0 Å². The van der Waals surface area contributed by atoms with Crippen LogP contribution in [0.3, 0.4) is 0 Å². The van der Waals surface area contributed by atoms with E-state index < -0.39 is 0 Å². The van der Waals surface area contributed by atoms with Gasteiger partial charge in [0.05, 0.1) is 12.2 Å². The largest absolute Gasteiger partial charge is 0.393 e. The molecule has 2 heteroatoms. The molecule has 0 saturated heterocycles. The Kier molecular flexibility index (Phi) is 4.04. The highest BCUT2D eigenvalue weighted by Gasteiger charge is 2.21. The van der Waals surface area contributed by atoms with Crippen molar-refractivity contribution in [2.75, 3.05) is 0 Å². The molecule has 0 spiro atoms. The fourth-order valence-corrected chi connectivity index (χ4v) is 1.68. The third-order valence-electron chi connectivity index (χ3n) is 1.70. The molecule has 0 aliphatic carbocycles. The van der Waals surface area contributed by atoms with Gasteiger partial charge in [-0.05, 0) is 32.1 Å². The number of aliphatic hydroxyl groups excluding tert-OH is 2. The van der Waals surface area contributed by atoms with E-state index in [4.69, 9.17) is 10.2 Å². The summed E-state index contributed by atoms with van der Waals surface area (Å²) in [5.41, 5.74) is 0.0440. The Morgan fingerprint density at radius 3 is 1.45 bits per heavy atom. The van der Waals surface area contributed by atoms with Gasteiger partial charge in [0.1, 0.15) is 0 Å². The highest BCUT2D eigenvalue weighted by Crippen LogP contribution is 2.27. The Labute approximate surface area is 69.2 Å². The monoisotopic (exact) mass is 160 g/mol. The topological polar surface area (TPSA) is 40.5 Å². The quantitative estimate of drug-likeness (QED) is 0.655. The molecule has 0 fully saturated rings. The number of rotatable bonds is 4. The Morgan fingerprint density at radius 2 is 1.27 bits per heavy atom. The summed E-state index contributed by atoms with van der Waals surface area (Å²) in [4.78, 5) is 0. The van der Waals surface area contributed by atoms with Crippen molar-refractivity contribution in [1.82, 2.24) is 0 Å². The summed E-state index contributed by atoms with van der Waals surface area (Å²) < 4.78 is 0. The van der Waals surface area contributed by atoms with E-state index in [9.17, 15) is 0 Å². The lowest BCUT2D eigenvalue weighted by atomic mass is 9.82. The summed E-state index contributed by atoms with van der Waals surface area (Å²) in [6.07, 6.45) is 0.947. The smallest absolute Gasteiger partial charge is 0.0517 e. The molecular weight excluding hydrogens is 140 g/mol. The van der Waals surface area contributed by atoms with Crippen LogP contribution in [0.1, 0.15) is 40.5 Å². The van der Waals surface area contributed by atoms with Gasteiger partial charge in [0.25, 0.3) is 0 Å². The highest BCUT2D eigenvalue weighted by molar-refractivity contribution is 4.73. The second kappa shape index (κ2) is 4.07. The zero-order valence-electron chi connectivity index (χ0n) is 7.96. The molecule has 0 heterocycles. The molecule has 68 valence electrons. The van der Waals surface area contributed by atoms with E-state index in [0.717, 1.165) is 12.8 Å². The molecule has 0 rings (SSSR count). The van der Waals surface area contributed by atoms with E-state index >= 15 is 0 Å². The van der Waals surface area contributed by atoms with Crippen molar-refractivity contribution in [2.24, 2.45) is 5.41 Å². The van der Waals surface area contributed by atoms with Crippen LogP contribution in [0.15, 0.2) is 0 Å². The van der Waals surface area contributed by atoms with E-state index in [1.165, 1.54) is 0 Å². The molecule has 0 aromatic heterocycles. The molecule has 11 heavy (non-hydrogen) atoms. The Hall–Kier alpha value is -0.0800. The molecule has 0 aromatic rings. The highest BCUT2D eigenvalue weighted by atomic mass is 16.3. The molecule has 0 aromatic carbocycles. The molecule has 2 unspecified atom stereocenters. The average molecular weight is 160 g/mol. The third kappa shape index (κ3) is 6.32. The van der Waals surface area contributed by atoms with E-state index in [2.05, 4.69) is 13.8 Å². The first-order valence-electron chi connectivity index (χ1n) is 4.19. The van der Waals surface area contributed by atoms with Gasteiger partial charge in [0.15, 0.2) is 0 Å². The van der Waals surface area contributed by atoms with Crippen LogP contribution in [0.5, 0.6) is 0 Å². The van der Waals surface area contributed by atoms with Crippen LogP contribution >= 0.6 is 0 Å². The van der Waals surface area contributed by atoms with Crippen molar-refractivity contribution in [3.63, 3.8) is 0 Å². The zero-order chi connectivity index (χ0) is 9.07. The van der Waals surface area contributed by atoms with Crippen molar-refractivity contribution in [2.45, 2.75) is 52.7 Å². The minimum Gasteiger partial charge on any atom is -0.393 e. The van der Waals surface area contributed by atoms with Crippen molar-refractivity contribution in [3.8, 4) is 0 Å². The average Bonchev–Trinajstić information content (AvgIpc) is 1.53. The Morgan fingerprint density at radius 1 is 1.00 bits per heavy atom.